The molecule has 1 N–H and O–H groups in total. The van der Waals surface area contributed by atoms with Gasteiger partial charge in [-0.2, -0.15) is 4.98 Å². The van der Waals surface area contributed by atoms with E-state index in [0.717, 1.165) is 49.0 Å². The van der Waals surface area contributed by atoms with Gasteiger partial charge in [-0.15, -0.1) is 0 Å². The Hall–Kier alpha value is -2.10. The smallest absolute Gasteiger partial charge is 0.227 e. The van der Waals surface area contributed by atoms with E-state index >= 15 is 0 Å². The molecule has 124 valence electrons. The van der Waals surface area contributed by atoms with Crippen molar-refractivity contribution in [2.24, 2.45) is 0 Å². The quantitative estimate of drug-likeness (QED) is 0.774. The van der Waals surface area contributed by atoms with Crippen molar-refractivity contribution in [3.05, 3.63) is 36.4 Å². The zero-order chi connectivity index (χ0) is 16.7. The third-order valence-electron chi connectivity index (χ3n) is 3.49. The summed E-state index contributed by atoms with van der Waals surface area (Å²) in [6.07, 6.45) is 2.18. The van der Waals surface area contributed by atoms with Gasteiger partial charge in [0, 0.05) is 30.8 Å². The van der Waals surface area contributed by atoms with E-state index in [-0.39, 0.29) is 0 Å². The van der Waals surface area contributed by atoms with Crippen LogP contribution in [0.15, 0.2) is 36.4 Å². The normalized spacial score (nSPS) is 10.8. The fourth-order valence-electron chi connectivity index (χ4n) is 2.55. The van der Waals surface area contributed by atoms with Gasteiger partial charge in [0.1, 0.15) is 5.82 Å². The van der Waals surface area contributed by atoms with Crippen molar-refractivity contribution in [3.63, 3.8) is 0 Å². The highest BCUT2D eigenvalue weighted by Crippen LogP contribution is 2.23. The Morgan fingerprint density at radius 1 is 1.00 bits per heavy atom. The minimum atomic E-state index is 0.340. The maximum absolute atomic E-state index is 4.82. The second-order valence-corrected chi connectivity index (χ2v) is 6.09. The fourth-order valence-corrected chi connectivity index (χ4v) is 2.55. The average Bonchev–Trinajstić information content (AvgIpc) is 2.54. The summed E-state index contributed by atoms with van der Waals surface area (Å²) in [4.78, 5) is 11.8. The summed E-state index contributed by atoms with van der Waals surface area (Å²) in [7, 11) is 0. The van der Waals surface area contributed by atoms with Crippen molar-refractivity contribution < 1.29 is 0 Å². The third kappa shape index (κ3) is 4.95. The first kappa shape index (κ1) is 17.3. The molecule has 0 fully saturated rings. The van der Waals surface area contributed by atoms with Gasteiger partial charge in [0.15, 0.2) is 0 Å². The second kappa shape index (κ2) is 8.51. The zero-order valence-electron chi connectivity index (χ0n) is 14.7. The van der Waals surface area contributed by atoms with Gasteiger partial charge in [-0.25, -0.2) is 4.98 Å². The number of benzene rings is 1. The molecule has 2 aromatic rings. The third-order valence-corrected chi connectivity index (χ3v) is 3.49. The lowest BCUT2D eigenvalue weighted by Gasteiger charge is -2.23. The summed E-state index contributed by atoms with van der Waals surface area (Å²) in [5.74, 6) is 1.71. The van der Waals surface area contributed by atoms with Crippen molar-refractivity contribution in [1.29, 1.82) is 0 Å². The minimum Gasteiger partial charge on any atom is -0.368 e. The molecule has 0 aliphatic rings. The molecule has 0 spiro atoms. The van der Waals surface area contributed by atoms with Crippen molar-refractivity contribution >= 4 is 11.8 Å². The number of nitrogens with one attached hydrogen (secondary N) is 1. The lowest BCUT2D eigenvalue weighted by Crippen LogP contribution is -2.27. The molecule has 4 nitrogen and oxygen atoms in total. The van der Waals surface area contributed by atoms with Crippen LogP contribution >= 0.6 is 0 Å². The van der Waals surface area contributed by atoms with E-state index in [2.05, 4.69) is 50.0 Å². The van der Waals surface area contributed by atoms with Crippen molar-refractivity contribution in [2.75, 3.05) is 23.3 Å². The topological polar surface area (TPSA) is 41.1 Å². The van der Waals surface area contributed by atoms with Gasteiger partial charge in [0.05, 0.1) is 5.69 Å². The van der Waals surface area contributed by atoms with Crippen molar-refractivity contribution in [1.82, 2.24) is 9.97 Å². The Kier molecular flexibility index (Phi) is 6.39. The summed E-state index contributed by atoms with van der Waals surface area (Å²) < 4.78 is 0. The van der Waals surface area contributed by atoms with E-state index in [9.17, 15) is 0 Å². The SMILES string of the molecule is CCCN(CCC)c1nc(NC(C)C)cc(-c2ccccc2)n1. The Bertz CT molecular complexity index is 590. The molecule has 4 heteroatoms. The molecular weight excluding hydrogens is 284 g/mol. The monoisotopic (exact) mass is 312 g/mol. The summed E-state index contributed by atoms with van der Waals surface area (Å²) in [5.41, 5.74) is 2.09. The summed E-state index contributed by atoms with van der Waals surface area (Å²) >= 11 is 0. The molecule has 23 heavy (non-hydrogen) atoms. The van der Waals surface area contributed by atoms with Crippen LogP contribution in [0.2, 0.25) is 0 Å². The predicted octanol–water partition coefficient (Wildman–Crippen LogP) is 4.59. The lowest BCUT2D eigenvalue weighted by atomic mass is 10.1. The van der Waals surface area contributed by atoms with Crippen LogP contribution in [-0.4, -0.2) is 29.1 Å². The first-order valence-electron chi connectivity index (χ1n) is 8.60. The highest BCUT2D eigenvalue weighted by Gasteiger charge is 2.12. The van der Waals surface area contributed by atoms with Crippen LogP contribution in [0.1, 0.15) is 40.5 Å². The Balaban J connectivity index is 2.44. The van der Waals surface area contributed by atoms with Gasteiger partial charge in [0.25, 0.3) is 0 Å². The second-order valence-electron chi connectivity index (χ2n) is 6.09. The molecule has 0 amide bonds. The summed E-state index contributed by atoms with van der Waals surface area (Å²) in [5, 5.41) is 3.42. The van der Waals surface area contributed by atoms with E-state index in [4.69, 9.17) is 9.97 Å². The minimum absolute atomic E-state index is 0.340. The number of hydrogen-bond acceptors (Lipinski definition) is 4. The van der Waals surface area contributed by atoms with Crippen LogP contribution in [0.25, 0.3) is 11.3 Å². The molecule has 1 heterocycles. The number of hydrogen-bond donors (Lipinski definition) is 1. The van der Waals surface area contributed by atoms with Crippen molar-refractivity contribution in [2.45, 2.75) is 46.6 Å². The highest BCUT2D eigenvalue weighted by molar-refractivity contribution is 5.64. The van der Waals surface area contributed by atoms with Crippen LogP contribution < -0.4 is 10.2 Å². The first-order chi connectivity index (χ1) is 11.1. The molecule has 0 unspecified atom stereocenters. The number of rotatable bonds is 8. The molecule has 2 rings (SSSR count). The van der Waals surface area contributed by atoms with Crippen LogP contribution in [0.4, 0.5) is 11.8 Å². The van der Waals surface area contributed by atoms with E-state index in [1.54, 1.807) is 0 Å². The molecular formula is C19H28N4. The molecule has 1 aromatic heterocycles. The molecule has 0 aliphatic heterocycles. The van der Waals surface area contributed by atoms with Crippen molar-refractivity contribution in [3.8, 4) is 11.3 Å². The van der Waals surface area contributed by atoms with Gasteiger partial charge in [-0.1, -0.05) is 44.2 Å². The molecule has 0 saturated heterocycles. The predicted molar refractivity (Wildman–Crippen MR) is 99.0 cm³/mol. The highest BCUT2D eigenvalue weighted by atomic mass is 15.3. The molecule has 1 aromatic carbocycles. The van der Waals surface area contributed by atoms with E-state index in [1.165, 1.54) is 0 Å². The van der Waals surface area contributed by atoms with Crippen LogP contribution in [0.5, 0.6) is 0 Å². The number of nitrogens with zero attached hydrogens (tertiary/aromatic N) is 3. The Morgan fingerprint density at radius 2 is 1.65 bits per heavy atom. The average molecular weight is 312 g/mol. The largest absolute Gasteiger partial charge is 0.368 e. The molecule has 0 atom stereocenters. The van der Waals surface area contributed by atoms with Crippen LogP contribution in [0, 0.1) is 0 Å². The van der Waals surface area contributed by atoms with Crippen LogP contribution in [0.3, 0.4) is 0 Å². The van der Waals surface area contributed by atoms with Gasteiger partial charge >= 0.3 is 0 Å². The summed E-state index contributed by atoms with van der Waals surface area (Å²) in [6, 6.07) is 12.7. The molecule has 0 aliphatic carbocycles. The van der Waals surface area contributed by atoms with Gasteiger partial charge in [-0.3, -0.25) is 0 Å². The Labute approximate surface area is 140 Å². The molecule has 0 saturated carbocycles. The van der Waals surface area contributed by atoms with E-state index in [1.807, 2.05) is 24.3 Å². The lowest BCUT2D eigenvalue weighted by molar-refractivity contribution is 0.721. The summed E-state index contributed by atoms with van der Waals surface area (Å²) in [6.45, 7) is 10.6. The zero-order valence-corrected chi connectivity index (χ0v) is 14.7. The molecule has 0 bridgehead atoms. The first-order valence-corrected chi connectivity index (χ1v) is 8.60. The van der Waals surface area contributed by atoms with E-state index in [0.29, 0.717) is 6.04 Å². The maximum atomic E-state index is 4.82. The van der Waals surface area contributed by atoms with E-state index < -0.39 is 0 Å². The maximum Gasteiger partial charge on any atom is 0.227 e. The Morgan fingerprint density at radius 3 is 2.22 bits per heavy atom. The number of aromatic nitrogens is 2. The van der Waals surface area contributed by atoms with Gasteiger partial charge in [-0.05, 0) is 26.7 Å². The standard InChI is InChI=1S/C19H28N4/c1-5-12-23(13-6-2)19-21-17(16-10-8-7-9-11-16)14-18(22-19)20-15(3)4/h7-11,14-15H,5-6,12-13H2,1-4H3,(H,20,21,22). The van der Waals surface area contributed by atoms with Gasteiger partial charge < -0.3 is 10.2 Å². The van der Waals surface area contributed by atoms with Gasteiger partial charge in [0.2, 0.25) is 5.95 Å². The fraction of sp³-hybridized carbons (Fsp3) is 0.474. The number of anilines is 2. The molecule has 0 radical (unpaired) electrons. The van der Waals surface area contributed by atoms with Crippen LogP contribution in [-0.2, 0) is 0 Å².